The third-order valence-corrected chi connectivity index (χ3v) is 3.87. The molecule has 0 N–H and O–H groups in total. The van der Waals surface area contributed by atoms with Gasteiger partial charge in [-0.1, -0.05) is 35.4 Å². The van der Waals surface area contributed by atoms with Gasteiger partial charge in [-0.05, 0) is 42.7 Å². The van der Waals surface area contributed by atoms with Gasteiger partial charge in [-0.3, -0.25) is 9.59 Å². The second-order valence-corrected chi connectivity index (χ2v) is 5.51. The Morgan fingerprint density at radius 3 is 2.13 bits per heavy atom. The van der Waals surface area contributed by atoms with Gasteiger partial charge in [-0.25, -0.2) is 4.79 Å². The molecule has 2 amide bonds. The third-order valence-electron chi connectivity index (χ3n) is 3.87. The molecule has 0 radical (unpaired) electrons. The van der Waals surface area contributed by atoms with E-state index in [0.29, 0.717) is 5.06 Å². The van der Waals surface area contributed by atoms with Gasteiger partial charge in [0.15, 0.2) is 0 Å². The van der Waals surface area contributed by atoms with Gasteiger partial charge in [0.05, 0.1) is 17.5 Å². The summed E-state index contributed by atoms with van der Waals surface area (Å²) in [6.07, 6.45) is -0.00543. The molecule has 0 atom stereocenters. The summed E-state index contributed by atoms with van der Waals surface area (Å²) in [4.78, 5) is 41.3. The molecule has 2 aromatic rings. The van der Waals surface area contributed by atoms with Gasteiger partial charge in [-0.15, -0.1) is 0 Å². The maximum atomic E-state index is 12.1. The minimum Gasteiger partial charge on any atom is -0.329 e. The summed E-state index contributed by atoms with van der Waals surface area (Å²) in [5, 5.41) is 0.536. The van der Waals surface area contributed by atoms with Crippen LogP contribution >= 0.6 is 0 Å². The second kappa shape index (κ2) is 5.68. The molecule has 0 fully saturated rings. The zero-order valence-electron chi connectivity index (χ0n) is 12.8. The molecule has 5 nitrogen and oxygen atoms in total. The van der Waals surface area contributed by atoms with E-state index in [1.165, 1.54) is 12.1 Å². The van der Waals surface area contributed by atoms with Crippen LogP contribution in [-0.2, 0) is 16.1 Å². The first-order valence-corrected chi connectivity index (χ1v) is 7.22. The van der Waals surface area contributed by atoms with Gasteiger partial charge in [0, 0.05) is 0 Å². The van der Waals surface area contributed by atoms with Crippen LogP contribution in [0.5, 0.6) is 0 Å². The molecule has 0 unspecified atom stereocenters. The highest BCUT2D eigenvalue weighted by molar-refractivity contribution is 6.20. The molecule has 0 bridgehead atoms. The molecule has 0 spiro atoms. The van der Waals surface area contributed by atoms with E-state index in [4.69, 9.17) is 4.84 Å². The summed E-state index contributed by atoms with van der Waals surface area (Å²) in [6, 6.07) is 12.0. The number of amides is 2. The van der Waals surface area contributed by atoms with Gasteiger partial charge in [0.2, 0.25) is 0 Å². The number of hydrogen-bond donors (Lipinski definition) is 0. The predicted octanol–water partition coefficient (Wildman–Crippen LogP) is 2.60. The van der Waals surface area contributed by atoms with Crippen molar-refractivity contribution < 1.29 is 19.2 Å². The summed E-state index contributed by atoms with van der Waals surface area (Å²) in [5.74, 6) is -1.87. The van der Waals surface area contributed by atoms with E-state index >= 15 is 0 Å². The number of imide groups is 1. The molecule has 23 heavy (non-hydrogen) atoms. The zero-order chi connectivity index (χ0) is 16.6. The zero-order valence-corrected chi connectivity index (χ0v) is 12.8. The topological polar surface area (TPSA) is 63.7 Å². The van der Waals surface area contributed by atoms with Gasteiger partial charge in [-0.2, -0.15) is 0 Å². The molecule has 0 saturated heterocycles. The Morgan fingerprint density at radius 1 is 0.957 bits per heavy atom. The van der Waals surface area contributed by atoms with E-state index in [-0.39, 0.29) is 17.5 Å². The summed E-state index contributed by atoms with van der Waals surface area (Å²) in [6.45, 7) is 3.94. The van der Waals surface area contributed by atoms with Crippen LogP contribution in [0.4, 0.5) is 0 Å². The molecular weight excluding hydrogens is 294 g/mol. The van der Waals surface area contributed by atoms with E-state index in [9.17, 15) is 14.4 Å². The predicted molar refractivity (Wildman–Crippen MR) is 82.7 cm³/mol. The molecule has 2 aromatic carbocycles. The standard InChI is InChI=1S/C18H15NO4/c1-11-7-8-13(9-12(11)2)10-16(20)23-19-17(21)14-5-3-4-6-15(14)18(19)22/h3-9H,10H2,1-2H3. The number of nitrogens with zero attached hydrogens (tertiary/aromatic N) is 1. The molecule has 1 aliphatic heterocycles. The molecular formula is C18H15NO4. The summed E-state index contributed by atoms with van der Waals surface area (Å²) in [7, 11) is 0. The number of rotatable bonds is 3. The minimum absolute atomic E-state index is 0.00543. The Morgan fingerprint density at radius 2 is 1.57 bits per heavy atom. The maximum absolute atomic E-state index is 12.1. The Bertz CT molecular complexity index is 791. The smallest absolute Gasteiger partial charge is 0.329 e. The molecule has 5 heteroatoms. The number of carbonyl (C=O) groups is 3. The number of fused-ring (bicyclic) bond motifs is 1. The molecule has 1 heterocycles. The number of carbonyl (C=O) groups excluding carboxylic acids is 3. The molecule has 1 aliphatic rings. The highest BCUT2D eigenvalue weighted by Gasteiger charge is 2.38. The fraction of sp³-hybridized carbons (Fsp3) is 0.167. The fourth-order valence-electron chi connectivity index (χ4n) is 2.46. The van der Waals surface area contributed by atoms with Crippen molar-refractivity contribution in [3.05, 3.63) is 70.3 Å². The van der Waals surface area contributed by atoms with Crippen molar-refractivity contribution in [1.29, 1.82) is 0 Å². The molecule has 3 rings (SSSR count). The fourth-order valence-corrected chi connectivity index (χ4v) is 2.46. The van der Waals surface area contributed by atoms with Crippen molar-refractivity contribution >= 4 is 17.8 Å². The molecule has 0 saturated carbocycles. The lowest BCUT2D eigenvalue weighted by Gasteiger charge is -2.13. The second-order valence-electron chi connectivity index (χ2n) is 5.51. The average molecular weight is 309 g/mol. The summed E-state index contributed by atoms with van der Waals surface area (Å²) >= 11 is 0. The van der Waals surface area contributed by atoms with Crippen LogP contribution in [0.25, 0.3) is 0 Å². The molecule has 0 aliphatic carbocycles. The largest absolute Gasteiger partial charge is 0.337 e. The normalized spacial score (nSPS) is 13.2. The van der Waals surface area contributed by atoms with Crippen molar-refractivity contribution in [2.24, 2.45) is 0 Å². The van der Waals surface area contributed by atoms with Gasteiger partial charge >= 0.3 is 5.97 Å². The van der Waals surface area contributed by atoms with Crippen LogP contribution in [0, 0.1) is 13.8 Å². The van der Waals surface area contributed by atoms with Crippen molar-refractivity contribution in [2.45, 2.75) is 20.3 Å². The number of hydrogen-bond acceptors (Lipinski definition) is 4. The first kappa shape index (κ1) is 15.0. The highest BCUT2D eigenvalue weighted by atomic mass is 16.7. The van der Waals surface area contributed by atoms with E-state index in [2.05, 4.69) is 0 Å². The summed E-state index contributed by atoms with van der Waals surface area (Å²) in [5.41, 5.74) is 3.46. The minimum atomic E-state index is -0.650. The van der Waals surface area contributed by atoms with Crippen LogP contribution in [0.2, 0.25) is 0 Å². The van der Waals surface area contributed by atoms with Crippen molar-refractivity contribution in [2.75, 3.05) is 0 Å². The monoisotopic (exact) mass is 309 g/mol. The third kappa shape index (κ3) is 2.73. The first-order chi connectivity index (χ1) is 11.0. The van der Waals surface area contributed by atoms with Crippen molar-refractivity contribution in [3.8, 4) is 0 Å². The molecule has 116 valence electrons. The lowest BCUT2D eigenvalue weighted by atomic mass is 10.0. The number of hydroxylamine groups is 2. The van der Waals surface area contributed by atoms with Gasteiger partial charge < -0.3 is 4.84 Å². The van der Waals surface area contributed by atoms with Crippen LogP contribution in [-0.4, -0.2) is 22.8 Å². The van der Waals surface area contributed by atoms with E-state index in [1.807, 2.05) is 32.0 Å². The van der Waals surface area contributed by atoms with Crippen LogP contribution in [0.15, 0.2) is 42.5 Å². The van der Waals surface area contributed by atoms with E-state index in [1.54, 1.807) is 12.1 Å². The first-order valence-electron chi connectivity index (χ1n) is 7.22. The van der Waals surface area contributed by atoms with E-state index in [0.717, 1.165) is 16.7 Å². The number of aryl methyl sites for hydroxylation is 2. The Balaban J connectivity index is 1.73. The average Bonchev–Trinajstić information content (AvgIpc) is 2.76. The maximum Gasteiger partial charge on any atom is 0.337 e. The van der Waals surface area contributed by atoms with Gasteiger partial charge in [0.25, 0.3) is 11.8 Å². The molecule has 0 aromatic heterocycles. The highest BCUT2D eigenvalue weighted by Crippen LogP contribution is 2.23. The number of benzene rings is 2. The lowest BCUT2D eigenvalue weighted by Crippen LogP contribution is -2.33. The Kier molecular flexibility index (Phi) is 3.70. The Hall–Kier alpha value is -2.95. The summed E-state index contributed by atoms with van der Waals surface area (Å²) < 4.78 is 0. The van der Waals surface area contributed by atoms with Crippen LogP contribution in [0.1, 0.15) is 37.4 Å². The quantitative estimate of drug-likeness (QED) is 0.818. The Labute approximate surface area is 133 Å². The lowest BCUT2D eigenvalue weighted by molar-refractivity contribution is -0.167. The van der Waals surface area contributed by atoms with Gasteiger partial charge in [0.1, 0.15) is 0 Å². The SMILES string of the molecule is Cc1ccc(CC(=O)ON2C(=O)c3ccccc3C2=O)cc1C. The van der Waals surface area contributed by atoms with E-state index < -0.39 is 17.8 Å². The van der Waals surface area contributed by atoms with Crippen LogP contribution < -0.4 is 0 Å². The van der Waals surface area contributed by atoms with Crippen molar-refractivity contribution in [3.63, 3.8) is 0 Å². The van der Waals surface area contributed by atoms with Crippen LogP contribution in [0.3, 0.4) is 0 Å². The van der Waals surface area contributed by atoms with Crippen molar-refractivity contribution in [1.82, 2.24) is 5.06 Å².